The molecule has 0 aromatic heterocycles. The number of para-hydroxylation sites is 1. The summed E-state index contributed by atoms with van der Waals surface area (Å²) in [4.78, 5) is 4.46. The predicted molar refractivity (Wildman–Crippen MR) is 182 cm³/mol. The Kier molecular flexibility index (Phi) is 18.6. The molecule has 1 heterocycles. The number of alkyl halides is 1. The van der Waals surface area contributed by atoms with Crippen LogP contribution in [0.3, 0.4) is 0 Å². The third-order valence-corrected chi connectivity index (χ3v) is 7.49. The Labute approximate surface area is 313 Å². The topological polar surface area (TPSA) is 30.6 Å². The largest absolute Gasteiger partial charge is 1.00 e. The smallest absolute Gasteiger partial charge is 0.762 e. The summed E-state index contributed by atoms with van der Waals surface area (Å²) < 4.78 is 178. The maximum Gasteiger partial charge on any atom is 0.762 e. The molecule has 21 heteroatoms. The van der Waals surface area contributed by atoms with Gasteiger partial charge in [0.05, 0.1) is 6.34 Å². The summed E-state index contributed by atoms with van der Waals surface area (Å²) in [6, 6.07) is 6.11. The van der Waals surface area contributed by atoms with Gasteiger partial charge in [0.2, 0.25) is 6.34 Å². The van der Waals surface area contributed by atoms with Gasteiger partial charge < -0.3 is 10.0 Å². The molecule has 0 unspecified atom stereocenters. The van der Waals surface area contributed by atoms with Crippen molar-refractivity contribution in [2.45, 2.75) is 26.3 Å². The third-order valence-electron chi connectivity index (χ3n) is 6.53. The molecule has 4 aromatic carbocycles. The summed E-state index contributed by atoms with van der Waals surface area (Å²) in [6.45, 7) is 8.75. The second-order valence-corrected chi connectivity index (χ2v) is 12.0. The number of allylic oxidation sites excluding steroid dienone is 1. The van der Waals surface area contributed by atoms with Gasteiger partial charge in [-0.3, -0.25) is 12.9 Å². The maximum atomic E-state index is 14.1. The van der Waals surface area contributed by atoms with E-state index in [1.54, 1.807) is 13.8 Å². The molecule has 0 spiro atoms. The molecule has 298 valence electrons. The molecule has 0 aliphatic carbocycles. The van der Waals surface area contributed by atoms with E-state index in [0.29, 0.717) is 42.7 Å². The van der Waals surface area contributed by atoms with Crippen molar-refractivity contribution in [3.63, 3.8) is 0 Å². The van der Waals surface area contributed by atoms with Crippen molar-refractivity contribution in [1.29, 1.82) is 0 Å². The van der Waals surface area contributed by atoms with E-state index in [4.69, 9.17) is 0 Å². The lowest BCUT2D eigenvalue weighted by atomic mass is 10.0. The van der Waals surface area contributed by atoms with E-state index < -0.39 is 99.8 Å². The molecule has 0 saturated carbocycles. The normalized spacial score (nSPS) is 12.6. The zero-order chi connectivity index (χ0) is 41.1. The van der Waals surface area contributed by atoms with Crippen molar-refractivity contribution in [1.82, 2.24) is 0 Å². The van der Waals surface area contributed by atoms with Crippen LogP contribution in [-0.4, -0.2) is 42.2 Å². The number of hydrogen-bond donors (Lipinski definition) is 1. The molecule has 4 aromatic rings. The van der Waals surface area contributed by atoms with Gasteiger partial charge in [0.25, 0.3) is 0 Å². The van der Waals surface area contributed by atoms with Crippen LogP contribution in [-0.2, 0) is 0 Å². The number of benzene rings is 4. The quantitative estimate of drug-likeness (QED) is 0.0401. The molecule has 1 aliphatic rings. The summed E-state index contributed by atoms with van der Waals surface area (Å²) in [6.07, 6.45) is 1.82. The average Bonchev–Trinajstić information content (AvgIpc) is 3.32. The molecule has 5 rings (SSSR count). The van der Waals surface area contributed by atoms with E-state index in [9.17, 15) is 61.2 Å². The number of nitrogens with one attached hydrogen (secondary N) is 1. The Morgan fingerprint density at radius 1 is 0.782 bits per heavy atom. The van der Waals surface area contributed by atoms with Crippen LogP contribution in [0.25, 0.3) is 0 Å². The third kappa shape index (κ3) is 14.0. The average molecular weight is 867 g/mol. The van der Waals surface area contributed by atoms with Gasteiger partial charge in [-0.1, -0.05) is 34.1 Å². The Hall–Kier alpha value is -4.95. The molecule has 4 nitrogen and oxygen atoms in total. The van der Waals surface area contributed by atoms with Crippen LogP contribution in [0.1, 0.15) is 20.8 Å². The number of halogens is 16. The fourth-order valence-corrected chi connectivity index (χ4v) is 4.36. The van der Waals surface area contributed by atoms with Gasteiger partial charge >= 0.3 is 7.54 Å². The number of anilines is 2. The number of hydrogen-bond acceptors (Lipinski definition) is 2. The lowest BCUT2D eigenvalue weighted by molar-refractivity contribution is -0.437. The van der Waals surface area contributed by atoms with Crippen LogP contribution in [0.5, 0.6) is 0 Å². The second-order valence-electron chi connectivity index (χ2n) is 11.4. The molecule has 0 atom stereocenters. The minimum atomic E-state index is -3.67. The molecule has 0 radical (unpaired) electrons. The molecule has 1 aliphatic heterocycles. The molecule has 0 saturated heterocycles. The standard InChI is InChI=1S/C17H13F6N2.C13H7F5N2.C4H7Br.BF3.FH/c1-17(2)7-24(15-11(20)3-9(18)4-12(15)21)8-25(17)16-13(22)5-10(19)6-14(16)23;14-7-4-10(17)13(11(18)5-7)20-6-19-12-8(15)2-1-3-9(12)16;1-4(2)3-5;2-1(3)4;/h3-6,8H,7H2,1-2H3;1-6H,(H,19,20);1,3H2,2H3;;1H/q+1;;;;/p-1. The van der Waals surface area contributed by atoms with Crippen LogP contribution in [0.4, 0.5) is 84.0 Å². The maximum absolute atomic E-state index is 14.1. The molecular formula is C34H27BBrF15N4. The lowest BCUT2D eigenvalue weighted by Gasteiger charge is -2.24. The van der Waals surface area contributed by atoms with E-state index in [2.05, 4.69) is 32.8 Å². The molecule has 55 heavy (non-hydrogen) atoms. The van der Waals surface area contributed by atoms with Crippen molar-refractivity contribution in [3.8, 4) is 0 Å². The van der Waals surface area contributed by atoms with Gasteiger partial charge in [-0.2, -0.15) is 0 Å². The highest BCUT2D eigenvalue weighted by atomic mass is 79.9. The fraction of sp³-hybridized carbons (Fsp3) is 0.176. The van der Waals surface area contributed by atoms with Crippen LogP contribution < -0.4 is 14.9 Å². The van der Waals surface area contributed by atoms with E-state index in [1.165, 1.54) is 5.57 Å². The van der Waals surface area contributed by atoms with E-state index in [0.717, 1.165) is 39.3 Å². The van der Waals surface area contributed by atoms with Crippen molar-refractivity contribution >= 4 is 58.9 Å². The summed E-state index contributed by atoms with van der Waals surface area (Å²) >= 11 is 3.21. The highest BCUT2D eigenvalue weighted by Gasteiger charge is 2.45. The van der Waals surface area contributed by atoms with Crippen LogP contribution >= 0.6 is 15.9 Å². The minimum Gasteiger partial charge on any atom is -1.00 e. The zero-order valence-electron chi connectivity index (χ0n) is 28.4. The van der Waals surface area contributed by atoms with Gasteiger partial charge in [0.1, 0.15) is 52.5 Å². The monoisotopic (exact) mass is 866 g/mol. The van der Waals surface area contributed by atoms with E-state index in [-0.39, 0.29) is 11.2 Å². The van der Waals surface area contributed by atoms with Gasteiger partial charge in [-0.15, -0.1) is 0 Å². The molecule has 0 bridgehead atoms. The molecule has 0 fully saturated rings. The highest BCUT2D eigenvalue weighted by Crippen LogP contribution is 2.35. The lowest BCUT2D eigenvalue weighted by Crippen LogP contribution is -3.00. The predicted octanol–water partition coefficient (Wildman–Crippen LogP) is 8.49. The van der Waals surface area contributed by atoms with E-state index in [1.807, 2.05) is 6.92 Å². The van der Waals surface area contributed by atoms with Gasteiger partial charge in [0, 0.05) is 41.7 Å². The molecule has 1 N–H and O–H groups in total. The minimum absolute atomic E-state index is 0. The highest BCUT2D eigenvalue weighted by molar-refractivity contribution is 9.09. The zero-order valence-corrected chi connectivity index (χ0v) is 30.0. The SMILES string of the molecule is C=C(C)CBr.CC1(C)C[N+](c2c(F)cc(F)cc2F)=CN1c1c(F)cc(F)cc1F.FB(F)F.Fc1cc(F)c(N=CNc2c(F)cccc2F)c(F)c1.[F-]. The summed E-state index contributed by atoms with van der Waals surface area (Å²) in [7, 11) is -3.67. The second kappa shape index (κ2) is 21.2. The van der Waals surface area contributed by atoms with Crippen molar-refractivity contribution in [2.75, 3.05) is 22.1 Å². The van der Waals surface area contributed by atoms with Gasteiger partial charge in [-0.05, 0) is 32.9 Å². The fourth-order valence-electron chi connectivity index (χ4n) is 4.36. The van der Waals surface area contributed by atoms with Crippen LogP contribution in [0, 0.1) is 64.0 Å². The van der Waals surface area contributed by atoms with Crippen LogP contribution in [0.15, 0.2) is 71.7 Å². The number of rotatable bonds is 6. The first kappa shape index (κ1) is 48.1. The first-order valence-electron chi connectivity index (χ1n) is 14.8. The van der Waals surface area contributed by atoms with Gasteiger partial charge in [0.15, 0.2) is 46.3 Å². The summed E-state index contributed by atoms with van der Waals surface area (Å²) in [5, 5.41) is 3.05. The van der Waals surface area contributed by atoms with E-state index >= 15 is 0 Å². The van der Waals surface area contributed by atoms with Gasteiger partial charge in [-0.25, -0.2) is 62.8 Å². The first-order valence-corrected chi connectivity index (χ1v) is 15.9. The summed E-state index contributed by atoms with van der Waals surface area (Å²) in [5.41, 5.74) is -2.18. The van der Waals surface area contributed by atoms with Crippen molar-refractivity contribution in [2.24, 2.45) is 4.99 Å². The van der Waals surface area contributed by atoms with Crippen molar-refractivity contribution < 1.29 is 70.5 Å². The Morgan fingerprint density at radius 3 is 1.56 bits per heavy atom. The number of aliphatic imine (C=N–C) groups is 1. The molecular weight excluding hydrogens is 840 g/mol. The Balaban J connectivity index is 0.000000451. The summed E-state index contributed by atoms with van der Waals surface area (Å²) in [5.74, 6) is -12.1. The van der Waals surface area contributed by atoms with Crippen molar-refractivity contribution in [3.05, 3.63) is 131 Å². The number of nitrogens with zero attached hydrogens (tertiary/aromatic N) is 3. The Bertz CT molecular complexity index is 1920. The van der Waals surface area contributed by atoms with Crippen LogP contribution in [0.2, 0.25) is 0 Å². The Morgan fingerprint density at radius 2 is 1.16 bits per heavy atom. The molecule has 0 amide bonds. The first-order chi connectivity index (χ1) is 25.1.